The quantitative estimate of drug-likeness (QED) is 0.706. The molecule has 0 aliphatic heterocycles. The number of carbonyl (C=O) groups excluding carboxylic acids is 1. The van der Waals surface area contributed by atoms with E-state index in [9.17, 15) is 4.79 Å². The van der Waals surface area contributed by atoms with E-state index in [1.54, 1.807) is 18.2 Å². The van der Waals surface area contributed by atoms with Gasteiger partial charge in [-0.2, -0.15) is 0 Å². The Bertz CT molecular complexity index is 850. The third-order valence-electron chi connectivity index (χ3n) is 3.14. The highest BCUT2D eigenvalue weighted by atomic mass is 35.5. The molecular formula is C17H12Cl2N2O3. The number of rotatable bonds is 5. The molecule has 0 fully saturated rings. The van der Waals surface area contributed by atoms with Crippen molar-refractivity contribution in [3.8, 4) is 5.88 Å². The highest BCUT2D eigenvalue weighted by Crippen LogP contribution is 2.30. The lowest BCUT2D eigenvalue weighted by molar-refractivity contribution is 0.0987. The molecule has 1 aromatic heterocycles. The molecule has 122 valence electrons. The number of nitrogens with one attached hydrogen (secondary N) is 1. The highest BCUT2D eigenvalue weighted by Gasteiger charge is 2.16. The number of halogens is 2. The number of benzene rings is 2. The maximum Gasteiger partial charge on any atom is 0.294 e. The van der Waals surface area contributed by atoms with Crippen LogP contribution in [0.1, 0.15) is 16.1 Å². The molecule has 0 spiro atoms. The molecule has 0 atom stereocenters. The smallest absolute Gasteiger partial charge is 0.294 e. The van der Waals surface area contributed by atoms with Crippen LogP contribution < -0.4 is 10.1 Å². The van der Waals surface area contributed by atoms with Crippen LogP contribution in [0.2, 0.25) is 10.0 Å². The van der Waals surface area contributed by atoms with Gasteiger partial charge in [0, 0.05) is 0 Å². The molecule has 3 rings (SSSR count). The van der Waals surface area contributed by atoms with Crippen LogP contribution in [0.15, 0.2) is 59.1 Å². The van der Waals surface area contributed by atoms with Crippen LogP contribution in [0.5, 0.6) is 5.88 Å². The molecule has 2 aromatic carbocycles. The van der Waals surface area contributed by atoms with Gasteiger partial charge >= 0.3 is 0 Å². The third-order valence-corrected chi connectivity index (χ3v) is 3.96. The molecule has 1 amide bonds. The molecule has 0 aliphatic carbocycles. The fourth-order valence-corrected chi connectivity index (χ4v) is 2.30. The zero-order valence-corrected chi connectivity index (χ0v) is 13.8. The van der Waals surface area contributed by atoms with Crippen molar-refractivity contribution in [3.63, 3.8) is 0 Å². The van der Waals surface area contributed by atoms with Gasteiger partial charge in [-0.05, 0) is 22.9 Å². The predicted molar refractivity (Wildman–Crippen MR) is 91.7 cm³/mol. The van der Waals surface area contributed by atoms with Crippen LogP contribution in [0.25, 0.3) is 0 Å². The maximum atomic E-state index is 12.2. The summed E-state index contributed by atoms with van der Waals surface area (Å²) < 4.78 is 10.5. The van der Waals surface area contributed by atoms with Crippen molar-refractivity contribution in [2.75, 3.05) is 5.32 Å². The average molecular weight is 363 g/mol. The molecule has 3 aromatic rings. The van der Waals surface area contributed by atoms with Crippen molar-refractivity contribution in [1.82, 2.24) is 5.16 Å². The molecule has 5 nitrogen and oxygen atoms in total. The summed E-state index contributed by atoms with van der Waals surface area (Å²) in [6.07, 6.45) is 0. The summed E-state index contributed by atoms with van der Waals surface area (Å²) in [5, 5.41) is 6.93. The van der Waals surface area contributed by atoms with Gasteiger partial charge in [-0.1, -0.05) is 59.6 Å². The number of hydrogen-bond acceptors (Lipinski definition) is 4. The van der Waals surface area contributed by atoms with Crippen molar-refractivity contribution in [1.29, 1.82) is 0 Å². The van der Waals surface area contributed by atoms with Crippen LogP contribution in [0, 0.1) is 0 Å². The van der Waals surface area contributed by atoms with E-state index in [4.69, 9.17) is 32.5 Å². The SMILES string of the molecule is O=C(Nc1cccc(Cl)c1Cl)c1cc(OCc2ccccc2)no1. The minimum atomic E-state index is -0.499. The Kier molecular flexibility index (Phi) is 5.03. The van der Waals surface area contributed by atoms with Gasteiger partial charge in [0.2, 0.25) is 5.76 Å². The van der Waals surface area contributed by atoms with Gasteiger partial charge in [-0.15, -0.1) is 0 Å². The van der Waals surface area contributed by atoms with Crippen LogP contribution in [0.4, 0.5) is 5.69 Å². The molecule has 1 N–H and O–H groups in total. The number of aromatic nitrogens is 1. The van der Waals surface area contributed by atoms with Crippen molar-refractivity contribution in [2.24, 2.45) is 0 Å². The van der Waals surface area contributed by atoms with Crippen molar-refractivity contribution < 1.29 is 14.1 Å². The molecule has 0 unspecified atom stereocenters. The van der Waals surface area contributed by atoms with E-state index in [1.807, 2.05) is 30.3 Å². The largest absolute Gasteiger partial charge is 0.471 e. The second-order valence-electron chi connectivity index (χ2n) is 4.86. The molecular weight excluding hydrogens is 351 g/mol. The van der Waals surface area contributed by atoms with Gasteiger partial charge in [0.25, 0.3) is 11.8 Å². The van der Waals surface area contributed by atoms with Gasteiger partial charge in [-0.3, -0.25) is 4.79 Å². The lowest BCUT2D eigenvalue weighted by Gasteiger charge is -2.05. The van der Waals surface area contributed by atoms with Crippen molar-refractivity contribution in [2.45, 2.75) is 6.61 Å². The first-order chi connectivity index (χ1) is 11.6. The van der Waals surface area contributed by atoms with E-state index in [0.717, 1.165) is 5.56 Å². The summed E-state index contributed by atoms with van der Waals surface area (Å²) in [4.78, 5) is 12.2. The van der Waals surface area contributed by atoms with Gasteiger partial charge < -0.3 is 14.6 Å². The van der Waals surface area contributed by atoms with E-state index in [0.29, 0.717) is 17.3 Å². The highest BCUT2D eigenvalue weighted by molar-refractivity contribution is 6.44. The summed E-state index contributed by atoms with van der Waals surface area (Å²) >= 11 is 11.9. The molecule has 0 saturated carbocycles. The summed E-state index contributed by atoms with van der Waals surface area (Å²) in [5.74, 6) is -0.267. The van der Waals surface area contributed by atoms with Crippen LogP contribution in [0.3, 0.4) is 0 Å². The molecule has 0 aliphatic rings. The third kappa shape index (κ3) is 3.88. The Morgan fingerprint density at radius 3 is 2.71 bits per heavy atom. The maximum absolute atomic E-state index is 12.2. The summed E-state index contributed by atoms with van der Waals surface area (Å²) in [6.45, 7) is 0.328. The standard InChI is InChI=1S/C17H12Cl2N2O3/c18-12-7-4-8-13(16(12)19)20-17(22)14-9-15(21-24-14)23-10-11-5-2-1-3-6-11/h1-9H,10H2,(H,20,22). The first kappa shape index (κ1) is 16.4. The topological polar surface area (TPSA) is 64.4 Å². The van der Waals surface area contributed by atoms with Crippen LogP contribution in [-0.4, -0.2) is 11.1 Å². The minimum Gasteiger partial charge on any atom is -0.471 e. The Morgan fingerprint density at radius 2 is 1.92 bits per heavy atom. The minimum absolute atomic E-state index is 0.00843. The summed E-state index contributed by atoms with van der Waals surface area (Å²) in [5.41, 5.74) is 1.37. The Hall–Kier alpha value is -2.50. The van der Waals surface area contributed by atoms with Gasteiger partial charge in [0.1, 0.15) is 6.61 Å². The van der Waals surface area contributed by atoms with Crippen LogP contribution >= 0.6 is 23.2 Å². The second-order valence-corrected chi connectivity index (χ2v) is 5.64. The van der Waals surface area contributed by atoms with E-state index in [1.165, 1.54) is 6.07 Å². The fraction of sp³-hybridized carbons (Fsp3) is 0.0588. The lowest BCUT2D eigenvalue weighted by Crippen LogP contribution is -2.11. The fourth-order valence-electron chi connectivity index (χ4n) is 1.95. The molecule has 0 bridgehead atoms. The molecule has 1 heterocycles. The number of anilines is 1. The average Bonchev–Trinajstić information content (AvgIpc) is 3.07. The lowest BCUT2D eigenvalue weighted by atomic mass is 10.2. The monoisotopic (exact) mass is 362 g/mol. The van der Waals surface area contributed by atoms with Crippen molar-refractivity contribution in [3.05, 3.63) is 76.0 Å². The molecule has 0 saturated heterocycles. The van der Waals surface area contributed by atoms with Gasteiger partial charge in [0.15, 0.2) is 0 Å². The Morgan fingerprint density at radius 1 is 1.12 bits per heavy atom. The van der Waals surface area contributed by atoms with E-state index in [-0.39, 0.29) is 16.7 Å². The number of carbonyl (C=O) groups is 1. The first-order valence-corrected chi connectivity index (χ1v) is 7.78. The van der Waals surface area contributed by atoms with E-state index in [2.05, 4.69) is 10.5 Å². The second kappa shape index (κ2) is 7.38. The summed E-state index contributed by atoms with van der Waals surface area (Å²) in [6, 6.07) is 15.9. The first-order valence-electron chi connectivity index (χ1n) is 7.02. The van der Waals surface area contributed by atoms with Gasteiger partial charge in [0.05, 0.1) is 21.8 Å². The van der Waals surface area contributed by atoms with E-state index >= 15 is 0 Å². The van der Waals surface area contributed by atoms with Crippen LogP contribution in [-0.2, 0) is 6.61 Å². The molecule has 7 heteroatoms. The normalized spacial score (nSPS) is 10.4. The number of amides is 1. The number of hydrogen-bond donors (Lipinski definition) is 1. The molecule has 0 radical (unpaired) electrons. The molecule has 24 heavy (non-hydrogen) atoms. The van der Waals surface area contributed by atoms with Crippen molar-refractivity contribution >= 4 is 34.8 Å². The zero-order valence-electron chi connectivity index (χ0n) is 12.3. The number of nitrogens with zero attached hydrogens (tertiary/aromatic N) is 1. The zero-order chi connectivity index (χ0) is 16.9. The summed E-state index contributed by atoms with van der Waals surface area (Å²) in [7, 11) is 0. The van der Waals surface area contributed by atoms with E-state index < -0.39 is 5.91 Å². The Labute approximate surface area is 148 Å². The predicted octanol–water partition coefficient (Wildman–Crippen LogP) is 4.81. The number of ether oxygens (including phenoxy) is 1. The van der Waals surface area contributed by atoms with Gasteiger partial charge in [-0.25, -0.2) is 0 Å². The Balaban J connectivity index is 1.64.